The number of anilines is 1. The van der Waals surface area contributed by atoms with Crippen LogP contribution in [0.4, 0.5) is 10.1 Å². The van der Waals surface area contributed by atoms with Crippen LogP contribution in [0.1, 0.15) is 15.9 Å². The minimum absolute atomic E-state index is 0.178. The molecule has 3 rings (SSSR count). The second-order valence-electron chi connectivity index (χ2n) is 4.96. The molecule has 3 aromatic rings. The van der Waals surface area contributed by atoms with Crippen molar-refractivity contribution in [1.82, 2.24) is 9.97 Å². The van der Waals surface area contributed by atoms with Crippen LogP contribution in [0.3, 0.4) is 0 Å². The highest BCUT2D eigenvalue weighted by Crippen LogP contribution is 2.20. The first kappa shape index (κ1) is 14.8. The van der Waals surface area contributed by atoms with Crippen molar-refractivity contribution in [3.63, 3.8) is 0 Å². The lowest BCUT2D eigenvalue weighted by atomic mass is 10.1. The van der Waals surface area contributed by atoms with Gasteiger partial charge in [0, 0.05) is 36.0 Å². The molecule has 0 atom stereocenters. The van der Waals surface area contributed by atoms with Crippen LogP contribution in [0.2, 0.25) is 0 Å². The summed E-state index contributed by atoms with van der Waals surface area (Å²) in [6, 6.07) is 12.9. The Morgan fingerprint density at radius 2 is 1.70 bits per heavy atom. The van der Waals surface area contributed by atoms with Crippen LogP contribution in [0.5, 0.6) is 0 Å². The fourth-order valence-electron chi connectivity index (χ4n) is 2.23. The Bertz CT molecular complexity index is 776. The predicted molar refractivity (Wildman–Crippen MR) is 85.4 cm³/mol. The molecular weight excluding hydrogens is 293 g/mol. The zero-order valence-electron chi connectivity index (χ0n) is 12.3. The lowest BCUT2D eigenvalue weighted by Crippen LogP contribution is -2.30. The standard InChI is InChI=1S/C18H14FN3O/c19-16-3-5-17(6-4-16)22(13-14-2-1-9-21-12-14)18(23)15-7-10-20-11-8-15/h1-12H,13H2. The summed E-state index contributed by atoms with van der Waals surface area (Å²) in [6.07, 6.45) is 6.52. The maximum absolute atomic E-state index is 13.2. The van der Waals surface area contributed by atoms with Crippen LogP contribution < -0.4 is 4.90 Å². The molecule has 1 aromatic carbocycles. The van der Waals surface area contributed by atoms with E-state index in [2.05, 4.69) is 9.97 Å². The van der Waals surface area contributed by atoms with Crippen molar-refractivity contribution in [2.24, 2.45) is 0 Å². The molecule has 0 bridgehead atoms. The summed E-state index contributed by atoms with van der Waals surface area (Å²) in [5.41, 5.74) is 2.03. The van der Waals surface area contributed by atoms with E-state index in [4.69, 9.17) is 0 Å². The molecule has 0 unspecified atom stereocenters. The summed E-state index contributed by atoms with van der Waals surface area (Å²) >= 11 is 0. The Balaban J connectivity index is 1.96. The molecule has 0 radical (unpaired) electrons. The minimum atomic E-state index is -0.341. The SMILES string of the molecule is O=C(c1ccncc1)N(Cc1cccnc1)c1ccc(F)cc1. The van der Waals surface area contributed by atoms with Gasteiger partial charge >= 0.3 is 0 Å². The van der Waals surface area contributed by atoms with E-state index in [9.17, 15) is 9.18 Å². The predicted octanol–water partition coefficient (Wildman–Crippen LogP) is 3.46. The van der Waals surface area contributed by atoms with Gasteiger partial charge < -0.3 is 4.90 Å². The van der Waals surface area contributed by atoms with Gasteiger partial charge in [-0.05, 0) is 48.0 Å². The first-order valence-corrected chi connectivity index (χ1v) is 7.10. The molecule has 5 heteroatoms. The van der Waals surface area contributed by atoms with Crippen LogP contribution in [0.25, 0.3) is 0 Å². The smallest absolute Gasteiger partial charge is 0.258 e. The molecule has 0 saturated carbocycles. The first-order valence-electron chi connectivity index (χ1n) is 7.10. The molecule has 0 fully saturated rings. The summed E-state index contributed by atoms with van der Waals surface area (Å²) in [7, 11) is 0. The lowest BCUT2D eigenvalue weighted by Gasteiger charge is -2.23. The number of hydrogen-bond acceptors (Lipinski definition) is 3. The maximum atomic E-state index is 13.2. The molecule has 0 saturated heterocycles. The van der Waals surface area contributed by atoms with Crippen molar-refractivity contribution >= 4 is 11.6 Å². The molecule has 0 aliphatic rings. The summed E-state index contributed by atoms with van der Waals surface area (Å²) in [6.45, 7) is 0.348. The number of pyridine rings is 2. The van der Waals surface area contributed by atoms with E-state index in [1.165, 1.54) is 12.1 Å². The van der Waals surface area contributed by atoms with Gasteiger partial charge in [0.1, 0.15) is 5.82 Å². The average Bonchev–Trinajstić information content (AvgIpc) is 2.62. The topological polar surface area (TPSA) is 46.1 Å². The van der Waals surface area contributed by atoms with Gasteiger partial charge in [0.2, 0.25) is 0 Å². The summed E-state index contributed by atoms with van der Waals surface area (Å²) < 4.78 is 13.2. The van der Waals surface area contributed by atoms with Crippen molar-refractivity contribution in [3.8, 4) is 0 Å². The molecule has 23 heavy (non-hydrogen) atoms. The van der Waals surface area contributed by atoms with Gasteiger partial charge in [0.25, 0.3) is 5.91 Å². The third kappa shape index (κ3) is 3.58. The van der Waals surface area contributed by atoms with E-state index in [1.54, 1.807) is 54.0 Å². The zero-order valence-corrected chi connectivity index (χ0v) is 12.3. The molecule has 0 aliphatic carbocycles. The van der Waals surface area contributed by atoms with Crippen LogP contribution in [-0.4, -0.2) is 15.9 Å². The molecule has 114 valence electrons. The van der Waals surface area contributed by atoms with Gasteiger partial charge in [0.15, 0.2) is 0 Å². The quantitative estimate of drug-likeness (QED) is 0.741. The van der Waals surface area contributed by atoms with E-state index in [-0.39, 0.29) is 11.7 Å². The van der Waals surface area contributed by atoms with Crippen molar-refractivity contribution in [3.05, 3.63) is 90.3 Å². The second kappa shape index (κ2) is 6.79. The summed E-state index contributed by atoms with van der Waals surface area (Å²) in [5, 5.41) is 0. The Labute approximate surface area is 133 Å². The summed E-state index contributed by atoms with van der Waals surface area (Å²) in [4.78, 5) is 22.4. The molecular formula is C18H14FN3O. The highest BCUT2D eigenvalue weighted by molar-refractivity contribution is 6.05. The normalized spacial score (nSPS) is 10.3. The zero-order chi connectivity index (χ0) is 16.1. The number of carbonyl (C=O) groups excluding carboxylic acids is 1. The van der Waals surface area contributed by atoms with E-state index < -0.39 is 0 Å². The van der Waals surface area contributed by atoms with Crippen LogP contribution in [0.15, 0.2) is 73.3 Å². The number of amides is 1. The van der Waals surface area contributed by atoms with Crippen LogP contribution in [0, 0.1) is 5.82 Å². The van der Waals surface area contributed by atoms with Gasteiger partial charge in [-0.1, -0.05) is 6.07 Å². The molecule has 0 N–H and O–H groups in total. The highest BCUT2D eigenvalue weighted by Gasteiger charge is 2.18. The third-order valence-electron chi connectivity index (χ3n) is 3.37. The first-order chi connectivity index (χ1) is 11.2. The molecule has 0 aliphatic heterocycles. The van der Waals surface area contributed by atoms with Gasteiger partial charge in [-0.15, -0.1) is 0 Å². The second-order valence-corrected chi connectivity index (χ2v) is 4.96. The van der Waals surface area contributed by atoms with Crippen molar-refractivity contribution < 1.29 is 9.18 Å². The Morgan fingerprint density at radius 3 is 2.35 bits per heavy atom. The summed E-state index contributed by atoms with van der Waals surface area (Å²) in [5.74, 6) is -0.519. The van der Waals surface area contributed by atoms with E-state index >= 15 is 0 Å². The van der Waals surface area contributed by atoms with Gasteiger partial charge in [-0.25, -0.2) is 4.39 Å². The minimum Gasteiger partial charge on any atom is -0.304 e. The molecule has 2 aromatic heterocycles. The molecule has 0 spiro atoms. The fraction of sp³-hybridized carbons (Fsp3) is 0.0556. The van der Waals surface area contributed by atoms with Crippen molar-refractivity contribution in [2.75, 3.05) is 4.90 Å². The molecule has 2 heterocycles. The highest BCUT2D eigenvalue weighted by atomic mass is 19.1. The number of halogens is 1. The Hall–Kier alpha value is -3.08. The average molecular weight is 307 g/mol. The third-order valence-corrected chi connectivity index (χ3v) is 3.37. The van der Waals surface area contributed by atoms with E-state index in [0.717, 1.165) is 5.56 Å². The number of hydrogen-bond donors (Lipinski definition) is 0. The molecule has 1 amide bonds. The van der Waals surface area contributed by atoms with E-state index in [0.29, 0.717) is 17.8 Å². The molecule has 4 nitrogen and oxygen atoms in total. The lowest BCUT2D eigenvalue weighted by molar-refractivity contribution is 0.0985. The maximum Gasteiger partial charge on any atom is 0.258 e. The number of carbonyl (C=O) groups is 1. The van der Waals surface area contributed by atoms with E-state index in [1.807, 2.05) is 12.1 Å². The number of benzene rings is 1. The Kier molecular flexibility index (Phi) is 4.38. The van der Waals surface area contributed by atoms with Gasteiger partial charge in [0.05, 0.1) is 6.54 Å². The fourth-order valence-corrected chi connectivity index (χ4v) is 2.23. The van der Waals surface area contributed by atoms with Crippen LogP contribution >= 0.6 is 0 Å². The van der Waals surface area contributed by atoms with Crippen molar-refractivity contribution in [1.29, 1.82) is 0 Å². The Morgan fingerprint density at radius 1 is 0.957 bits per heavy atom. The number of nitrogens with zero attached hydrogens (tertiary/aromatic N) is 3. The number of rotatable bonds is 4. The van der Waals surface area contributed by atoms with Gasteiger partial charge in [-0.3, -0.25) is 14.8 Å². The van der Waals surface area contributed by atoms with Crippen LogP contribution in [-0.2, 0) is 6.54 Å². The number of aromatic nitrogens is 2. The van der Waals surface area contributed by atoms with Crippen molar-refractivity contribution in [2.45, 2.75) is 6.54 Å². The largest absolute Gasteiger partial charge is 0.304 e. The monoisotopic (exact) mass is 307 g/mol. The van der Waals surface area contributed by atoms with Gasteiger partial charge in [-0.2, -0.15) is 0 Å².